The zero-order valence-corrected chi connectivity index (χ0v) is 10.9. The third kappa shape index (κ3) is 3.48. The number of aliphatic carboxylic acids is 1. The number of carbonyl (C=O) groups is 2. The number of hydrogen-bond donors (Lipinski definition) is 1. The van der Waals surface area contributed by atoms with E-state index in [4.69, 9.17) is 9.84 Å². The minimum Gasteiger partial charge on any atom is -0.481 e. The molecule has 1 amide bonds. The van der Waals surface area contributed by atoms with Crippen LogP contribution in [0.4, 0.5) is 4.79 Å². The number of carbonyl (C=O) groups excluding carboxylic acids is 1. The van der Waals surface area contributed by atoms with Gasteiger partial charge < -0.3 is 14.7 Å². The molecule has 0 saturated heterocycles. The molecule has 5 nitrogen and oxygen atoms in total. The molecule has 1 rings (SSSR count). The van der Waals surface area contributed by atoms with Gasteiger partial charge in [-0.1, -0.05) is 31.9 Å². The molecular weight excluding hydrogens is 234 g/mol. The largest absolute Gasteiger partial charge is 0.481 e. The molecule has 0 heterocycles. The van der Waals surface area contributed by atoms with Crippen LogP contribution in [0.15, 0.2) is 12.7 Å². The van der Waals surface area contributed by atoms with Crippen molar-refractivity contribution in [3.63, 3.8) is 0 Å². The van der Waals surface area contributed by atoms with Crippen LogP contribution in [-0.2, 0) is 9.53 Å². The molecule has 102 valence electrons. The second kappa shape index (κ2) is 6.42. The first-order valence-corrected chi connectivity index (χ1v) is 6.25. The molecule has 1 fully saturated rings. The third-order valence-corrected chi connectivity index (χ3v) is 3.57. The van der Waals surface area contributed by atoms with Crippen molar-refractivity contribution in [2.75, 3.05) is 13.7 Å². The zero-order valence-electron chi connectivity index (χ0n) is 10.9. The Morgan fingerprint density at radius 3 is 2.50 bits per heavy atom. The molecular formula is C13H21NO4. The van der Waals surface area contributed by atoms with Gasteiger partial charge in [0.15, 0.2) is 0 Å². The molecule has 0 bridgehead atoms. The molecule has 0 aromatic carbocycles. The summed E-state index contributed by atoms with van der Waals surface area (Å²) in [6.07, 6.45) is 5.44. The van der Waals surface area contributed by atoms with Crippen LogP contribution in [0.5, 0.6) is 0 Å². The Hall–Kier alpha value is -1.52. The van der Waals surface area contributed by atoms with Crippen molar-refractivity contribution in [2.24, 2.45) is 0 Å². The molecule has 1 aliphatic rings. The van der Waals surface area contributed by atoms with Gasteiger partial charge in [0, 0.05) is 7.05 Å². The van der Waals surface area contributed by atoms with E-state index in [0.717, 1.165) is 32.1 Å². The minimum atomic E-state index is -0.875. The molecule has 1 aliphatic carbocycles. The Labute approximate surface area is 107 Å². The van der Waals surface area contributed by atoms with Crippen molar-refractivity contribution in [3.8, 4) is 0 Å². The smallest absolute Gasteiger partial charge is 0.410 e. The highest BCUT2D eigenvalue weighted by atomic mass is 16.6. The summed E-state index contributed by atoms with van der Waals surface area (Å²) in [5, 5.41) is 9.04. The van der Waals surface area contributed by atoms with Gasteiger partial charge in [-0.05, 0) is 12.8 Å². The Balaban J connectivity index is 2.77. The first-order chi connectivity index (χ1) is 8.52. The highest BCUT2D eigenvalue weighted by molar-refractivity contribution is 5.72. The molecule has 1 N–H and O–H groups in total. The van der Waals surface area contributed by atoms with Crippen molar-refractivity contribution in [2.45, 2.75) is 44.1 Å². The van der Waals surface area contributed by atoms with Crippen LogP contribution in [-0.4, -0.2) is 41.3 Å². The molecule has 18 heavy (non-hydrogen) atoms. The monoisotopic (exact) mass is 255 g/mol. The van der Waals surface area contributed by atoms with Crippen molar-refractivity contribution in [3.05, 3.63) is 12.7 Å². The Morgan fingerprint density at radius 1 is 1.39 bits per heavy atom. The standard InChI is InChI=1S/C13H21NO4/c1-3-9-18-12(17)14(2)13(10-11(15)16)7-5-4-6-8-13/h3H,1,4-10H2,2H3,(H,15,16). The summed E-state index contributed by atoms with van der Waals surface area (Å²) in [6, 6.07) is 0. The van der Waals surface area contributed by atoms with Gasteiger partial charge >= 0.3 is 12.1 Å². The molecule has 0 radical (unpaired) electrons. The number of carboxylic acid groups (broad SMARTS) is 1. The topological polar surface area (TPSA) is 66.8 Å². The number of amides is 1. The van der Waals surface area contributed by atoms with Crippen molar-refractivity contribution in [1.29, 1.82) is 0 Å². The average molecular weight is 255 g/mol. The summed E-state index contributed by atoms with van der Waals surface area (Å²) >= 11 is 0. The molecule has 0 atom stereocenters. The van der Waals surface area contributed by atoms with Gasteiger partial charge in [0.25, 0.3) is 0 Å². The Morgan fingerprint density at radius 2 is 2.00 bits per heavy atom. The van der Waals surface area contributed by atoms with E-state index in [1.165, 1.54) is 11.0 Å². The Kier molecular flexibility index (Phi) is 5.19. The van der Waals surface area contributed by atoms with Crippen LogP contribution in [0.2, 0.25) is 0 Å². The maximum atomic E-state index is 11.9. The maximum absolute atomic E-state index is 11.9. The molecule has 0 unspecified atom stereocenters. The highest BCUT2D eigenvalue weighted by Gasteiger charge is 2.41. The predicted octanol–water partition coefficient (Wildman–Crippen LogP) is 2.42. The fourth-order valence-electron chi connectivity index (χ4n) is 2.54. The first-order valence-electron chi connectivity index (χ1n) is 6.25. The molecule has 0 spiro atoms. The molecule has 5 heteroatoms. The minimum absolute atomic E-state index is 0.0211. The SMILES string of the molecule is C=CCOC(=O)N(C)C1(CC(=O)O)CCCCC1. The summed E-state index contributed by atoms with van der Waals surface area (Å²) in [7, 11) is 1.62. The molecule has 1 saturated carbocycles. The number of hydrogen-bond acceptors (Lipinski definition) is 3. The van der Waals surface area contributed by atoms with Crippen molar-refractivity contribution < 1.29 is 19.4 Å². The van der Waals surface area contributed by atoms with E-state index in [9.17, 15) is 9.59 Å². The second-order valence-electron chi connectivity index (χ2n) is 4.78. The lowest BCUT2D eigenvalue weighted by Crippen LogP contribution is -2.52. The lowest BCUT2D eigenvalue weighted by atomic mass is 9.78. The number of rotatable bonds is 5. The van der Waals surface area contributed by atoms with Gasteiger partial charge in [0.05, 0.1) is 12.0 Å². The van der Waals surface area contributed by atoms with E-state index in [-0.39, 0.29) is 13.0 Å². The number of carboxylic acids is 1. The van der Waals surface area contributed by atoms with Crippen molar-refractivity contribution in [1.82, 2.24) is 4.90 Å². The van der Waals surface area contributed by atoms with Crippen LogP contribution in [0, 0.1) is 0 Å². The number of nitrogens with zero attached hydrogens (tertiary/aromatic N) is 1. The zero-order chi connectivity index (χ0) is 13.6. The Bertz CT molecular complexity index is 321. The van der Waals surface area contributed by atoms with E-state index >= 15 is 0 Å². The van der Waals surface area contributed by atoms with E-state index in [2.05, 4.69) is 6.58 Å². The van der Waals surface area contributed by atoms with E-state index in [1.807, 2.05) is 0 Å². The van der Waals surface area contributed by atoms with Gasteiger partial charge in [0.1, 0.15) is 6.61 Å². The van der Waals surface area contributed by atoms with E-state index in [0.29, 0.717) is 0 Å². The number of ether oxygens (including phenoxy) is 1. The van der Waals surface area contributed by atoms with Gasteiger partial charge in [-0.25, -0.2) is 4.79 Å². The predicted molar refractivity (Wildman–Crippen MR) is 67.4 cm³/mol. The van der Waals surface area contributed by atoms with Crippen LogP contribution in [0.3, 0.4) is 0 Å². The van der Waals surface area contributed by atoms with Gasteiger partial charge in [-0.15, -0.1) is 0 Å². The van der Waals surface area contributed by atoms with Gasteiger partial charge in [-0.3, -0.25) is 4.79 Å². The summed E-state index contributed by atoms with van der Waals surface area (Å²) in [5.74, 6) is -0.875. The summed E-state index contributed by atoms with van der Waals surface area (Å²) in [5.41, 5.74) is -0.595. The van der Waals surface area contributed by atoms with Gasteiger partial charge in [-0.2, -0.15) is 0 Å². The quantitative estimate of drug-likeness (QED) is 0.766. The van der Waals surface area contributed by atoms with E-state index < -0.39 is 17.6 Å². The maximum Gasteiger partial charge on any atom is 0.410 e. The summed E-state index contributed by atoms with van der Waals surface area (Å²) in [6.45, 7) is 3.63. The highest BCUT2D eigenvalue weighted by Crippen LogP contribution is 2.36. The lowest BCUT2D eigenvalue weighted by Gasteiger charge is -2.43. The van der Waals surface area contributed by atoms with Crippen LogP contribution in [0.1, 0.15) is 38.5 Å². The van der Waals surface area contributed by atoms with Crippen LogP contribution < -0.4 is 0 Å². The lowest BCUT2D eigenvalue weighted by molar-refractivity contribution is -0.140. The van der Waals surface area contributed by atoms with Crippen molar-refractivity contribution >= 4 is 12.1 Å². The fourth-order valence-corrected chi connectivity index (χ4v) is 2.54. The van der Waals surface area contributed by atoms with Crippen LogP contribution >= 0.6 is 0 Å². The van der Waals surface area contributed by atoms with Crippen LogP contribution in [0.25, 0.3) is 0 Å². The summed E-state index contributed by atoms with van der Waals surface area (Å²) < 4.78 is 4.99. The second-order valence-corrected chi connectivity index (χ2v) is 4.78. The average Bonchev–Trinajstić information content (AvgIpc) is 2.35. The first kappa shape index (κ1) is 14.5. The summed E-state index contributed by atoms with van der Waals surface area (Å²) in [4.78, 5) is 24.3. The molecule has 0 aromatic rings. The normalized spacial score (nSPS) is 17.8. The fraction of sp³-hybridized carbons (Fsp3) is 0.692. The van der Waals surface area contributed by atoms with E-state index in [1.54, 1.807) is 7.05 Å². The third-order valence-electron chi connectivity index (χ3n) is 3.57. The molecule has 0 aromatic heterocycles. The molecule has 0 aliphatic heterocycles. The van der Waals surface area contributed by atoms with Gasteiger partial charge in [0.2, 0.25) is 0 Å².